The van der Waals surface area contributed by atoms with Crippen molar-refractivity contribution in [2.24, 2.45) is 0 Å². The molecule has 0 spiro atoms. The van der Waals surface area contributed by atoms with Crippen LogP contribution in [0.3, 0.4) is 0 Å². The van der Waals surface area contributed by atoms with E-state index < -0.39 is 5.97 Å². The minimum atomic E-state index is -0.897. The Balaban J connectivity index is 3.22. The lowest BCUT2D eigenvalue weighted by atomic mass is 10.1. The third-order valence-corrected chi connectivity index (χ3v) is 3.06. The minimum absolute atomic E-state index is 0.266. The molecule has 0 heterocycles. The van der Waals surface area contributed by atoms with Crippen molar-refractivity contribution in [2.75, 3.05) is 0 Å². The highest BCUT2D eigenvalue weighted by Gasteiger charge is 1.99. The van der Waals surface area contributed by atoms with Crippen LogP contribution in [0.4, 0.5) is 0 Å². The highest BCUT2D eigenvalue weighted by molar-refractivity contribution is 5.85. The summed E-state index contributed by atoms with van der Waals surface area (Å²) in [6, 6.07) is 0. The molecule has 0 unspecified atom stereocenters. The first-order chi connectivity index (χ1) is 8.68. The van der Waals surface area contributed by atoms with Crippen molar-refractivity contribution in [3.05, 3.63) is 24.3 Å². The smallest absolute Gasteiger partial charge is 0.331 e. The normalized spacial score (nSPS) is 10.9. The maximum absolute atomic E-state index is 10.5. The van der Waals surface area contributed by atoms with E-state index in [4.69, 9.17) is 5.11 Å². The van der Waals surface area contributed by atoms with E-state index in [-0.39, 0.29) is 5.57 Å². The van der Waals surface area contributed by atoms with Crippen molar-refractivity contribution < 1.29 is 9.90 Å². The number of hydrogen-bond donors (Lipinski definition) is 1. The number of carboxylic acids is 1. The largest absolute Gasteiger partial charge is 0.478 e. The fourth-order valence-corrected chi connectivity index (χ4v) is 1.83. The number of unbranched alkanes of at least 4 members (excludes halogenated alkanes) is 8. The average Bonchev–Trinajstić information content (AvgIpc) is 2.35. The van der Waals surface area contributed by atoms with E-state index in [0.717, 1.165) is 6.42 Å². The average molecular weight is 252 g/mol. The third kappa shape index (κ3) is 11.4. The number of carboxylic acid groups (broad SMARTS) is 1. The molecule has 0 aliphatic heterocycles. The van der Waals surface area contributed by atoms with Gasteiger partial charge >= 0.3 is 5.97 Å². The number of hydrogen-bond acceptors (Lipinski definition) is 1. The van der Waals surface area contributed by atoms with E-state index in [1.54, 1.807) is 0 Å². The molecule has 18 heavy (non-hydrogen) atoms. The van der Waals surface area contributed by atoms with Gasteiger partial charge in [0.15, 0.2) is 0 Å². The highest BCUT2D eigenvalue weighted by Crippen LogP contribution is 2.10. The second-order valence-corrected chi connectivity index (χ2v) is 4.85. The molecule has 0 aromatic heterocycles. The lowest BCUT2D eigenvalue weighted by Gasteiger charge is -1.99. The standard InChI is InChI=1S/C16H28O2/c1-3-4-5-6-7-8-9-10-11-12-13-14-15(2)16(17)18/h12-13H,2-11,14H2,1H3,(H,17,18). The molecule has 0 bridgehead atoms. The highest BCUT2D eigenvalue weighted by atomic mass is 16.4. The number of carbonyl (C=O) groups is 1. The summed E-state index contributed by atoms with van der Waals surface area (Å²) >= 11 is 0. The molecule has 1 N–H and O–H groups in total. The molecule has 2 nitrogen and oxygen atoms in total. The Labute approximate surface area is 112 Å². The van der Waals surface area contributed by atoms with Gasteiger partial charge in [0.25, 0.3) is 0 Å². The van der Waals surface area contributed by atoms with E-state index in [0.29, 0.717) is 6.42 Å². The second-order valence-electron chi connectivity index (χ2n) is 4.85. The van der Waals surface area contributed by atoms with E-state index in [1.807, 2.05) is 6.08 Å². The predicted molar refractivity (Wildman–Crippen MR) is 77.8 cm³/mol. The lowest BCUT2D eigenvalue weighted by molar-refractivity contribution is -0.132. The number of rotatable bonds is 12. The van der Waals surface area contributed by atoms with Crippen molar-refractivity contribution in [2.45, 2.75) is 71.1 Å². The molecule has 104 valence electrons. The SMILES string of the molecule is C=C(CC=CCCCCCCCCCC)C(=O)O. The van der Waals surface area contributed by atoms with Gasteiger partial charge in [-0.3, -0.25) is 0 Å². The molecule has 0 aromatic carbocycles. The number of aliphatic carboxylic acids is 1. The van der Waals surface area contributed by atoms with Gasteiger partial charge in [-0.1, -0.05) is 70.6 Å². The fraction of sp³-hybridized carbons (Fsp3) is 0.688. The van der Waals surface area contributed by atoms with Crippen molar-refractivity contribution in [3.8, 4) is 0 Å². The van der Waals surface area contributed by atoms with E-state index in [1.165, 1.54) is 51.4 Å². The van der Waals surface area contributed by atoms with Gasteiger partial charge in [0.05, 0.1) is 0 Å². The van der Waals surface area contributed by atoms with Crippen LogP contribution < -0.4 is 0 Å². The monoisotopic (exact) mass is 252 g/mol. The molecule has 0 radical (unpaired) electrons. The Morgan fingerprint density at radius 3 is 2.11 bits per heavy atom. The van der Waals surface area contributed by atoms with Crippen molar-refractivity contribution in [1.29, 1.82) is 0 Å². The quantitative estimate of drug-likeness (QED) is 0.298. The van der Waals surface area contributed by atoms with Crippen LogP contribution in [0.2, 0.25) is 0 Å². The molecule has 0 aliphatic rings. The molecule has 0 aromatic rings. The Bertz CT molecular complexity index is 254. The van der Waals surface area contributed by atoms with E-state index in [9.17, 15) is 4.79 Å². The minimum Gasteiger partial charge on any atom is -0.478 e. The molecule has 0 amide bonds. The van der Waals surface area contributed by atoms with Gasteiger partial charge < -0.3 is 5.11 Å². The Kier molecular flexibility index (Phi) is 11.7. The van der Waals surface area contributed by atoms with Crippen molar-refractivity contribution >= 4 is 5.97 Å². The van der Waals surface area contributed by atoms with Crippen LogP contribution in [0.15, 0.2) is 24.3 Å². The maximum Gasteiger partial charge on any atom is 0.331 e. The van der Waals surface area contributed by atoms with E-state index in [2.05, 4.69) is 19.6 Å². The van der Waals surface area contributed by atoms with Gasteiger partial charge in [-0.15, -0.1) is 0 Å². The third-order valence-electron chi connectivity index (χ3n) is 3.06. The van der Waals surface area contributed by atoms with Crippen LogP contribution in [0.25, 0.3) is 0 Å². The molecule has 0 aliphatic carbocycles. The summed E-state index contributed by atoms with van der Waals surface area (Å²) in [6.07, 6.45) is 16.1. The first-order valence-corrected chi connectivity index (χ1v) is 7.24. The topological polar surface area (TPSA) is 37.3 Å². The van der Waals surface area contributed by atoms with Gasteiger partial charge in [0.2, 0.25) is 0 Å². The van der Waals surface area contributed by atoms with Crippen LogP contribution in [0, 0.1) is 0 Å². The first kappa shape index (κ1) is 16.9. The van der Waals surface area contributed by atoms with Gasteiger partial charge in [-0.25, -0.2) is 4.79 Å². The first-order valence-electron chi connectivity index (χ1n) is 7.24. The zero-order valence-corrected chi connectivity index (χ0v) is 11.8. The molecule has 2 heteroatoms. The molecule has 0 saturated carbocycles. The zero-order chi connectivity index (χ0) is 13.6. The summed E-state index contributed by atoms with van der Waals surface area (Å²) in [7, 11) is 0. The zero-order valence-electron chi connectivity index (χ0n) is 11.8. The molecule has 0 fully saturated rings. The lowest BCUT2D eigenvalue weighted by Crippen LogP contribution is -1.96. The van der Waals surface area contributed by atoms with Crippen LogP contribution in [-0.4, -0.2) is 11.1 Å². The van der Waals surface area contributed by atoms with Crippen LogP contribution in [-0.2, 0) is 4.79 Å². The van der Waals surface area contributed by atoms with Crippen LogP contribution in [0.5, 0.6) is 0 Å². The summed E-state index contributed by atoms with van der Waals surface area (Å²) in [5, 5.41) is 8.61. The molecule has 0 saturated heterocycles. The number of allylic oxidation sites excluding steroid dienone is 2. The van der Waals surface area contributed by atoms with Gasteiger partial charge in [0.1, 0.15) is 0 Å². The predicted octanol–water partition coefficient (Wildman–Crippen LogP) is 5.10. The summed E-state index contributed by atoms with van der Waals surface area (Å²) < 4.78 is 0. The summed E-state index contributed by atoms with van der Waals surface area (Å²) in [6.45, 7) is 5.73. The second kappa shape index (κ2) is 12.4. The van der Waals surface area contributed by atoms with Crippen molar-refractivity contribution in [1.82, 2.24) is 0 Å². The molecule has 0 rings (SSSR count). The Morgan fingerprint density at radius 2 is 1.56 bits per heavy atom. The summed E-state index contributed by atoms with van der Waals surface area (Å²) in [4.78, 5) is 10.5. The van der Waals surface area contributed by atoms with Crippen LogP contribution >= 0.6 is 0 Å². The molecule has 0 atom stereocenters. The van der Waals surface area contributed by atoms with Crippen molar-refractivity contribution in [3.63, 3.8) is 0 Å². The van der Waals surface area contributed by atoms with Gasteiger partial charge in [-0.2, -0.15) is 0 Å². The van der Waals surface area contributed by atoms with E-state index >= 15 is 0 Å². The molecular formula is C16H28O2. The fourth-order valence-electron chi connectivity index (χ4n) is 1.83. The Hall–Kier alpha value is -1.05. The van der Waals surface area contributed by atoms with Gasteiger partial charge in [0, 0.05) is 5.57 Å². The summed E-state index contributed by atoms with van der Waals surface area (Å²) in [5.41, 5.74) is 0.266. The summed E-state index contributed by atoms with van der Waals surface area (Å²) in [5.74, 6) is -0.897. The van der Waals surface area contributed by atoms with Crippen LogP contribution in [0.1, 0.15) is 71.1 Å². The maximum atomic E-state index is 10.5. The molecular weight excluding hydrogens is 224 g/mol. The Morgan fingerprint density at radius 1 is 1.00 bits per heavy atom. The van der Waals surface area contributed by atoms with Gasteiger partial charge in [-0.05, 0) is 19.3 Å².